The van der Waals surface area contributed by atoms with Crippen molar-refractivity contribution in [2.24, 2.45) is 0 Å². The minimum Gasteiger partial charge on any atom is -0.508 e. The van der Waals surface area contributed by atoms with E-state index < -0.39 is 17.5 Å². The van der Waals surface area contributed by atoms with E-state index in [1.807, 2.05) is 0 Å². The van der Waals surface area contributed by atoms with Crippen molar-refractivity contribution in [3.05, 3.63) is 83.3 Å². The molecule has 2 amide bonds. The minimum absolute atomic E-state index is 0.00930. The molecule has 0 unspecified atom stereocenters. The van der Waals surface area contributed by atoms with E-state index in [1.54, 1.807) is 24.3 Å². The molecular weight excluding hydrogens is 414 g/mol. The number of rotatable bonds is 1. The largest absolute Gasteiger partial charge is 0.508 e. The molecule has 32 heavy (non-hydrogen) atoms. The summed E-state index contributed by atoms with van der Waals surface area (Å²) in [7, 11) is 0. The highest BCUT2D eigenvalue weighted by Gasteiger charge is 2.54. The zero-order valence-electron chi connectivity index (χ0n) is 16.4. The molecule has 157 valence electrons. The number of aromatic hydroxyl groups is 2. The van der Waals surface area contributed by atoms with Gasteiger partial charge in [0.25, 0.3) is 0 Å². The zero-order valence-corrected chi connectivity index (χ0v) is 16.4. The summed E-state index contributed by atoms with van der Waals surface area (Å²) in [5.74, 6) is -0.980. The lowest BCUT2D eigenvalue weighted by Crippen LogP contribution is -2.33. The number of amides is 2. The van der Waals surface area contributed by atoms with E-state index >= 15 is 0 Å². The number of benzene rings is 3. The molecule has 1 spiro atoms. The summed E-state index contributed by atoms with van der Waals surface area (Å²) < 4.78 is 11.9. The first-order chi connectivity index (χ1) is 15.4. The number of esters is 1. The van der Waals surface area contributed by atoms with Gasteiger partial charge in [0.15, 0.2) is 5.60 Å². The standard InChI is InChI=1S/C24H14NO7/c26-13-2-5-17-19(10-13)31-20-11-14(27)3-6-18(20)24(17)16-4-1-12(9-15(16)23(30)32-24)25-21(28)7-8-22(25)29/h1-7,9-11,26-27H,8H2. The Morgan fingerprint density at radius 1 is 0.812 bits per heavy atom. The fourth-order valence-electron chi connectivity index (χ4n) is 4.58. The van der Waals surface area contributed by atoms with Crippen LogP contribution in [0.3, 0.4) is 0 Å². The quantitative estimate of drug-likeness (QED) is 0.452. The number of anilines is 1. The van der Waals surface area contributed by atoms with E-state index in [4.69, 9.17) is 9.47 Å². The Balaban J connectivity index is 1.61. The highest BCUT2D eigenvalue weighted by Crippen LogP contribution is 2.57. The third kappa shape index (κ3) is 2.29. The highest BCUT2D eigenvalue weighted by molar-refractivity contribution is 6.24. The fourth-order valence-corrected chi connectivity index (χ4v) is 4.58. The van der Waals surface area contributed by atoms with Crippen LogP contribution in [-0.4, -0.2) is 28.0 Å². The summed E-state index contributed by atoms with van der Waals surface area (Å²) in [5.41, 5.74) is 0.585. The van der Waals surface area contributed by atoms with Crippen LogP contribution in [0.2, 0.25) is 0 Å². The monoisotopic (exact) mass is 428 g/mol. The van der Waals surface area contributed by atoms with Crippen molar-refractivity contribution in [1.82, 2.24) is 0 Å². The van der Waals surface area contributed by atoms with Crippen LogP contribution >= 0.6 is 0 Å². The lowest BCUT2D eigenvalue weighted by molar-refractivity contribution is -0.120. The molecule has 8 heteroatoms. The van der Waals surface area contributed by atoms with Crippen LogP contribution in [0.1, 0.15) is 33.5 Å². The van der Waals surface area contributed by atoms with Crippen LogP contribution in [0.4, 0.5) is 5.69 Å². The van der Waals surface area contributed by atoms with Gasteiger partial charge in [-0.05, 0) is 36.4 Å². The van der Waals surface area contributed by atoms with Crippen molar-refractivity contribution < 1.29 is 34.1 Å². The van der Waals surface area contributed by atoms with Crippen molar-refractivity contribution in [1.29, 1.82) is 0 Å². The Labute approximate surface area is 181 Å². The van der Waals surface area contributed by atoms with E-state index in [-0.39, 0.29) is 46.6 Å². The van der Waals surface area contributed by atoms with E-state index in [2.05, 4.69) is 0 Å². The van der Waals surface area contributed by atoms with Crippen molar-refractivity contribution in [3.8, 4) is 23.0 Å². The van der Waals surface area contributed by atoms with Crippen LogP contribution in [0, 0.1) is 6.42 Å². The van der Waals surface area contributed by atoms with Crippen molar-refractivity contribution in [2.45, 2.75) is 12.0 Å². The summed E-state index contributed by atoms with van der Waals surface area (Å²) in [5, 5.41) is 19.9. The molecule has 6 rings (SSSR count). The molecular formula is C24H14NO7. The van der Waals surface area contributed by atoms with Gasteiger partial charge in [-0.1, -0.05) is 6.07 Å². The van der Waals surface area contributed by atoms with Crippen LogP contribution < -0.4 is 9.64 Å². The van der Waals surface area contributed by atoms with Crippen LogP contribution in [-0.2, 0) is 19.9 Å². The second-order valence-corrected chi connectivity index (χ2v) is 7.74. The molecule has 3 aliphatic heterocycles. The number of ether oxygens (including phenoxy) is 2. The van der Waals surface area contributed by atoms with Crippen molar-refractivity contribution in [2.75, 3.05) is 4.90 Å². The number of nitrogens with zero attached hydrogens (tertiary/aromatic N) is 1. The van der Waals surface area contributed by atoms with E-state index in [9.17, 15) is 24.6 Å². The summed E-state index contributed by atoms with van der Waals surface area (Å²) in [4.78, 5) is 38.4. The molecule has 0 aromatic heterocycles. The molecule has 0 bridgehead atoms. The second-order valence-electron chi connectivity index (χ2n) is 7.74. The number of hydrogen-bond acceptors (Lipinski definition) is 7. The molecule has 1 radical (unpaired) electrons. The summed E-state index contributed by atoms with van der Waals surface area (Å²) in [6.45, 7) is 0. The van der Waals surface area contributed by atoms with Gasteiger partial charge in [-0.3, -0.25) is 14.5 Å². The smallest absolute Gasteiger partial charge is 0.340 e. The maximum atomic E-state index is 13.1. The number of carbonyl (C=O) groups excluding carboxylic acids is 3. The number of imide groups is 1. The molecule has 3 heterocycles. The third-order valence-corrected chi connectivity index (χ3v) is 5.94. The number of carbonyl (C=O) groups is 3. The van der Waals surface area contributed by atoms with Crippen LogP contribution in [0.15, 0.2) is 54.6 Å². The molecule has 8 nitrogen and oxygen atoms in total. The van der Waals surface area contributed by atoms with E-state index in [0.717, 1.165) is 4.90 Å². The normalized spacial score (nSPS) is 17.6. The average Bonchev–Trinajstić information content (AvgIpc) is 3.24. The second kappa shape index (κ2) is 6.10. The van der Waals surface area contributed by atoms with E-state index in [1.165, 1.54) is 36.8 Å². The van der Waals surface area contributed by atoms with Gasteiger partial charge in [-0.2, -0.15) is 0 Å². The lowest BCUT2D eigenvalue weighted by Gasteiger charge is -2.36. The number of hydrogen-bond donors (Lipinski definition) is 2. The molecule has 3 aromatic carbocycles. The fraction of sp³-hybridized carbons (Fsp3) is 0.0833. The molecule has 2 N–H and O–H groups in total. The van der Waals surface area contributed by atoms with Gasteiger partial charge in [-0.25, -0.2) is 4.79 Å². The molecule has 1 saturated heterocycles. The minimum atomic E-state index is -1.39. The Hall–Kier alpha value is -4.33. The van der Waals surface area contributed by atoms with Gasteiger partial charge < -0.3 is 19.7 Å². The predicted octanol–water partition coefficient (Wildman–Crippen LogP) is 3.13. The Kier molecular flexibility index (Phi) is 3.52. The van der Waals surface area contributed by atoms with Gasteiger partial charge in [0.2, 0.25) is 11.8 Å². The number of phenolic OH excluding ortho intramolecular Hbond substituents is 2. The molecule has 3 aliphatic rings. The van der Waals surface area contributed by atoms with Crippen molar-refractivity contribution in [3.63, 3.8) is 0 Å². The number of fused-ring (bicyclic) bond motifs is 6. The molecule has 0 aliphatic carbocycles. The first-order valence-electron chi connectivity index (χ1n) is 9.81. The summed E-state index contributed by atoms with van der Waals surface area (Å²) >= 11 is 0. The topological polar surface area (TPSA) is 113 Å². The molecule has 0 saturated carbocycles. The van der Waals surface area contributed by atoms with Gasteiger partial charge in [0.1, 0.15) is 23.0 Å². The van der Waals surface area contributed by atoms with Gasteiger partial charge in [-0.15, -0.1) is 0 Å². The molecule has 0 atom stereocenters. The molecule has 1 fully saturated rings. The van der Waals surface area contributed by atoms with E-state index in [0.29, 0.717) is 16.7 Å². The highest BCUT2D eigenvalue weighted by atomic mass is 16.6. The summed E-state index contributed by atoms with van der Waals surface area (Å²) in [6, 6.07) is 13.7. The first kappa shape index (κ1) is 18.4. The molecule has 3 aromatic rings. The first-order valence-corrected chi connectivity index (χ1v) is 9.81. The third-order valence-electron chi connectivity index (χ3n) is 5.94. The SMILES string of the molecule is O=C1OC2(c3ccc(O)cc3Oc3cc(O)ccc32)c2ccc(N3C(=O)[CH]CC3=O)cc21. The van der Waals surface area contributed by atoms with Gasteiger partial charge in [0.05, 0.1) is 17.7 Å². The van der Waals surface area contributed by atoms with Crippen LogP contribution in [0.25, 0.3) is 0 Å². The Morgan fingerprint density at radius 2 is 1.44 bits per heavy atom. The predicted molar refractivity (Wildman–Crippen MR) is 109 cm³/mol. The number of phenols is 2. The Bertz CT molecular complexity index is 1310. The maximum Gasteiger partial charge on any atom is 0.340 e. The average molecular weight is 428 g/mol. The summed E-state index contributed by atoms with van der Waals surface area (Å²) in [6.07, 6.45) is 1.30. The maximum absolute atomic E-state index is 13.1. The van der Waals surface area contributed by atoms with Crippen molar-refractivity contribution >= 4 is 23.5 Å². The van der Waals surface area contributed by atoms with Gasteiger partial charge in [0, 0.05) is 35.2 Å². The van der Waals surface area contributed by atoms with Crippen LogP contribution in [0.5, 0.6) is 23.0 Å². The zero-order chi connectivity index (χ0) is 22.2. The van der Waals surface area contributed by atoms with Gasteiger partial charge >= 0.3 is 5.97 Å². The lowest BCUT2D eigenvalue weighted by atomic mass is 9.77. The Morgan fingerprint density at radius 3 is 2.03 bits per heavy atom.